The largest absolute Gasteiger partial charge is 0.480 e. The Hall–Kier alpha value is -0.790. The van der Waals surface area contributed by atoms with Gasteiger partial charge in [-0.3, -0.25) is 4.79 Å². The van der Waals surface area contributed by atoms with Crippen LogP contribution in [0.2, 0.25) is 0 Å². The number of carboxylic acid groups (broad SMARTS) is 1. The number of carbonyl (C=O) groups is 2. The average molecular weight is 247 g/mol. The number of amides is 1. The molecule has 2 aliphatic heterocycles. The fraction of sp³-hybridized carbons (Fsp3) is 0.778. The average Bonchev–Trinajstić information content (AvgIpc) is 2.78. The van der Waals surface area contributed by atoms with Gasteiger partial charge in [0.05, 0.1) is 25.7 Å². The molecule has 2 saturated heterocycles. The van der Waals surface area contributed by atoms with Gasteiger partial charge in [-0.05, 0) is 0 Å². The van der Waals surface area contributed by atoms with E-state index < -0.39 is 18.1 Å². The summed E-state index contributed by atoms with van der Waals surface area (Å²) in [5.41, 5.74) is 0. The molecular formula is C9H13NO5S. The Bertz CT molecular complexity index is 292. The van der Waals surface area contributed by atoms with Crippen LogP contribution in [0.15, 0.2) is 0 Å². The first-order valence-electron chi connectivity index (χ1n) is 5.00. The highest BCUT2D eigenvalue weighted by atomic mass is 32.2. The molecule has 2 rings (SSSR count). The van der Waals surface area contributed by atoms with Crippen molar-refractivity contribution < 1.29 is 24.2 Å². The van der Waals surface area contributed by atoms with Crippen LogP contribution in [0.25, 0.3) is 0 Å². The zero-order chi connectivity index (χ0) is 11.5. The number of rotatable bonds is 2. The van der Waals surface area contributed by atoms with E-state index >= 15 is 0 Å². The number of ether oxygens (including phenoxy) is 2. The van der Waals surface area contributed by atoms with Crippen molar-refractivity contribution in [2.24, 2.45) is 0 Å². The summed E-state index contributed by atoms with van der Waals surface area (Å²) in [7, 11) is 0. The summed E-state index contributed by atoms with van der Waals surface area (Å²) in [5, 5.41) is 8.95. The fourth-order valence-electron chi connectivity index (χ4n) is 1.68. The van der Waals surface area contributed by atoms with Crippen LogP contribution in [0.5, 0.6) is 0 Å². The van der Waals surface area contributed by atoms with Gasteiger partial charge in [-0.15, -0.1) is 11.8 Å². The number of carbonyl (C=O) groups excluding carboxylic acids is 1. The van der Waals surface area contributed by atoms with Crippen molar-refractivity contribution in [1.29, 1.82) is 0 Å². The minimum Gasteiger partial charge on any atom is -0.480 e. The molecule has 6 nitrogen and oxygen atoms in total. The minimum absolute atomic E-state index is 0.215. The van der Waals surface area contributed by atoms with E-state index in [9.17, 15) is 9.59 Å². The van der Waals surface area contributed by atoms with Gasteiger partial charge in [-0.1, -0.05) is 0 Å². The maximum Gasteiger partial charge on any atom is 0.327 e. The van der Waals surface area contributed by atoms with E-state index in [4.69, 9.17) is 14.6 Å². The molecule has 0 bridgehead atoms. The molecule has 2 unspecified atom stereocenters. The molecule has 7 heteroatoms. The maximum absolute atomic E-state index is 12.0. The summed E-state index contributed by atoms with van der Waals surface area (Å²) in [5.74, 6) is -0.392. The van der Waals surface area contributed by atoms with Crippen LogP contribution >= 0.6 is 11.8 Å². The zero-order valence-electron chi connectivity index (χ0n) is 8.63. The Kier molecular flexibility index (Phi) is 3.67. The van der Waals surface area contributed by atoms with Crippen molar-refractivity contribution in [2.75, 3.05) is 31.5 Å². The molecule has 2 atom stereocenters. The van der Waals surface area contributed by atoms with E-state index in [1.165, 1.54) is 16.7 Å². The highest BCUT2D eigenvalue weighted by molar-refractivity contribution is 7.99. The molecule has 1 amide bonds. The van der Waals surface area contributed by atoms with Crippen molar-refractivity contribution in [3.63, 3.8) is 0 Å². The van der Waals surface area contributed by atoms with Crippen LogP contribution in [-0.4, -0.2) is 65.5 Å². The third-order valence-electron chi connectivity index (χ3n) is 2.54. The minimum atomic E-state index is -0.963. The second-order valence-electron chi connectivity index (χ2n) is 3.60. The van der Waals surface area contributed by atoms with Gasteiger partial charge in [0.25, 0.3) is 5.91 Å². The van der Waals surface area contributed by atoms with Crippen LogP contribution in [-0.2, 0) is 19.1 Å². The van der Waals surface area contributed by atoms with E-state index in [2.05, 4.69) is 0 Å². The summed E-state index contributed by atoms with van der Waals surface area (Å²) in [6.07, 6.45) is -0.644. The second kappa shape index (κ2) is 5.03. The van der Waals surface area contributed by atoms with Crippen molar-refractivity contribution in [3.05, 3.63) is 0 Å². The van der Waals surface area contributed by atoms with Crippen molar-refractivity contribution >= 4 is 23.6 Å². The SMILES string of the molecule is O=C(O)C1CSCN1C(=O)C1COCCO1. The molecule has 90 valence electrons. The lowest BCUT2D eigenvalue weighted by Crippen LogP contribution is -2.49. The molecule has 0 radical (unpaired) electrons. The van der Waals surface area contributed by atoms with E-state index in [0.29, 0.717) is 24.8 Å². The predicted octanol–water partition coefficient (Wildman–Crippen LogP) is -0.612. The van der Waals surface area contributed by atoms with E-state index in [-0.39, 0.29) is 12.5 Å². The van der Waals surface area contributed by atoms with E-state index in [0.717, 1.165) is 0 Å². The Morgan fingerprint density at radius 1 is 1.38 bits per heavy atom. The molecule has 16 heavy (non-hydrogen) atoms. The van der Waals surface area contributed by atoms with Crippen LogP contribution < -0.4 is 0 Å². The Labute approximate surface area is 96.9 Å². The Morgan fingerprint density at radius 2 is 2.19 bits per heavy atom. The first-order valence-corrected chi connectivity index (χ1v) is 6.16. The first kappa shape index (κ1) is 11.7. The molecule has 2 heterocycles. The Morgan fingerprint density at radius 3 is 2.81 bits per heavy atom. The van der Waals surface area contributed by atoms with Gasteiger partial charge in [0.15, 0.2) is 6.10 Å². The molecule has 0 spiro atoms. The number of hydrogen-bond donors (Lipinski definition) is 1. The standard InChI is InChI=1S/C9H13NO5S/c11-8(7-3-14-1-2-15-7)10-5-16-4-6(10)9(12)13/h6-7H,1-5H2,(H,12,13). The summed E-state index contributed by atoms with van der Waals surface area (Å²) in [6, 6.07) is -0.733. The number of hydrogen-bond acceptors (Lipinski definition) is 5. The molecule has 0 saturated carbocycles. The van der Waals surface area contributed by atoms with Gasteiger partial charge in [-0.25, -0.2) is 4.79 Å². The number of nitrogens with zero attached hydrogens (tertiary/aromatic N) is 1. The summed E-state index contributed by atoms with van der Waals surface area (Å²) in [4.78, 5) is 24.2. The van der Waals surface area contributed by atoms with Gasteiger partial charge in [0.2, 0.25) is 0 Å². The molecule has 0 aromatic carbocycles. The highest BCUT2D eigenvalue weighted by Gasteiger charge is 2.38. The molecular weight excluding hydrogens is 234 g/mol. The monoisotopic (exact) mass is 247 g/mol. The van der Waals surface area contributed by atoms with E-state index in [1.807, 2.05) is 0 Å². The van der Waals surface area contributed by atoms with Gasteiger partial charge in [-0.2, -0.15) is 0 Å². The summed E-state index contributed by atoms with van der Waals surface area (Å²) < 4.78 is 10.4. The quantitative estimate of drug-likeness (QED) is 0.701. The number of aliphatic carboxylic acids is 1. The summed E-state index contributed by atoms with van der Waals surface area (Å²) >= 11 is 1.44. The zero-order valence-corrected chi connectivity index (χ0v) is 9.44. The third kappa shape index (κ3) is 2.31. The third-order valence-corrected chi connectivity index (χ3v) is 3.55. The smallest absolute Gasteiger partial charge is 0.327 e. The van der Waals surface area contributed by atoms with Crippen LogP contribution in [0.4, 0.5) is 0 Å². The molecule has 0 aromatic heterocycles. The van der Waals surface area contributed by atoms with Gasteiger partial charge >= 0.3 is 5.97 Å². The van der Waals surface area contributed by atoms with Crippen molar-refractivity contribution in [2.45, 2.75) is 12.1 Å². The Balaban J connectivity index is 1.99. The fourth-order valence-corrected chi connectivity index (χ4v) is 2.83. The lowest BCUT2D eigenvalue weighted by atomic mass is 10.2. The lowest BCUT2D eigenvalue weighted by Gasteiger charge is -2.28. The predicted molar refractivity (Wildman–Crippen MR) is 56.2 cm³/mol. The van der Waals surface area contributed by atoms with E-state index in [1.54, 1.807) is 0 Å². The van der Waals surface area contributed by atoms with Crippen molar-refractivity contribution in [1.82, 2.24) is 4.90 Å². The molecule has 2 aliphatic rings. The van der Waals surface area contributed by atoms with Gasteiger partial charge < -0.3 is 19.5 Å². The highest BCUT2D eigenvalue weighted by Crippen LogP contribution is 2.22. The maximum atomic E-state index is 12.0. The van der Waals surface area contributed by atoms with Crippen LogP contribution in [0, 0.1) is 0 Å². The summed E-state index contributed by atoms with van der Waals surface area (Å²) in [6.45, 7) is 1.09. The topological polar surface area (TPSA) is 76.1 Å². The second-order valence-corrected chi connectivity index (χ2v) is 4.60. The molecule has 0 aromatic rings. The molecule has 1 N–H and O–H groups in total. The van der Waals surface area contributed by atoms with Crippen molar-refractivity contribution in [3.8, 4) is 0 Å². The number of carboxylic acids is 1. The van der Waals surface area contributed by atoms with Gasteiger partial charge in [0.1, 0.15) is 6.04 Å². The number of thioether (sulfide) groups is 1. The van der Waals surface area contributed by atoms with Crippen LogP contribution in [0.1, 0.15) is 0 Å². The molecule has 0 aliphatic carbocycles. The molecule has 2 fully saturated rings. The van der Waals surface area contributed by atoms with Gasteiger partial charge in [0, 0.05) is 5.75 Å². The normalized spacial score (nSPS) is 30.4. The first-order chi connectivity index (χ1) is 7.70. The van der Waals surface area contributed by atoms with Crippen LogP contribution in [0.3, 0.4) is 0 Å². The lowest BCUT2D eigenvalue weighted by molar-refractivity contribution is -0.163.